The van der Waals surface area contributed by atoms with Crippen LogP contribution in [-0.4, -0.2) is 9.55 Å². The molecule has 0 radical (unpaired) electrons. The van der Waals surface area contributed by atoms with Crippen LogP contribution in [0.15, 0.2) is 18.2 Å². The highest BCUT2D eigenvalue weighted by Crippen LogP contribution is 2.40. The highest BCUT2D eigenvalue weighted by Gasteiger charge is 2.29. The molecular formula is C14H15N3. The third-order valence-electron chi connectivity index (χ3n) is 3.37. The molecular weight excluding hydrogens is 210 g/mol. The number of imidazole rings is 1. The van der Waals surface area contributed by atoms with E-state index in [0.717, 1.165) is 11.3 Å². The Bertz CT molecular complexity index is 614. The van der Waals surface area contributed by atoms with Crippen LogP contribution < -0.4 is 0 Å². The minimum Gasteiger partial charge on any atom is -0.324 e. The van der Waals surface area contributed by atoms with Crippen molar-refractivity contribution < 1.29 is 0 Å². The molecule has 3 heteroatoms. The summed E-state index contributed by atoms with van der Waals surface area (Å²) in [5.74, 6) is 0.791. The van der Waals surface area contributed by atoms with Gasteiger partial charge in [0.25, 0.3) is 0 Å². The summed E-state index contributed by atoms with van der Waals surface area (Å²) < 4.78 is 2.27. The van der Waals surface area contributed by atoms with Crippen molar-refractivity contribution in [1.82, 2.24) is 9.55 Å². The number of hydrogen-bond donors (Lipinski definition) is 0. The van der Waals surface area contributed by atoms with Gasteiger partial charge in [-0.25, -0.2) is 4.98 Å². The summed E-state index contributed by atoms with van der Waals surface area (Å²) in [6, 6.07) is 9.16. The number of aromatic nitrogens is 2. The molecule has 1 aliphatic carbocycles. The molecule has 86 valence electrons. The lowest BCUT2D eigenvalue weighted by Crippen LogP contribution is -2.04. The summed E-state index contributed by atoms with van der Waals surface area (Å²) in [6.45, 7) is 4.02. The molecule has 3 rings (SSSR count). The van der Waals surface area contributed by atoms with Gasteiger partial charge < -0.3 is 4.57 Å². The van der Waals surface area contributed by atoms with Crippen molar-refractivity contribution >= 4 is 11.0 Å². The standard InChI is InChI=1S/C14H15N3/c1-9-3-6-12-13(7-9)17(11-4-5-11)14(16-12)10(2)8-15/h3,6-7,10-11H,4-5H2,1-2H3. The van der Waals surface area contributed by atoms with E-state index < -0.39 is 0 Å². The molecule has 0 aliphatic heterocycles. The second kappa shape index (κ2) is 3.59. The summed E-state index contributed by atoms with van der Waals surface area (Å²) in [7, 11) is 0. The van der Waals surface area contributed by atoms with E-state index in [2.05, 4.69) is 40.7 Å². The molecule has 1 aliphatic rings. The maximum Gasteiger partial charge on any atom is 0.127 e. The van der Waals surface area contributed by atoms with Crippen LogP contribution in [0, 0.1) is 18.3 Å². The summed E-state index contributed by atoms with van der Waals surface area (Å²) in [4.78, 5) is 4.63. The van der Waals surface area contributed by atoms with Gasteiger partial charge in [-0.2, -0.15) is 5.26 Å². The summed E-state index contributed by atoms with van der Waals surface area (Å²) in [5, 5.41) is 9.09. The smallest absolute Gasteiger partial charge is 0.127 e. The number of rotatable bonds is 2. The lowest BCUT2D eigenvalue weighted by molar-refractivity contribution is 0.684. The van der Waals surface area contributed by atoms with Crippen LogP contribution in [0.3, 0.4) is 0 Å². The van der Waals surface area contributed by atoms with Gasteiger partial charge in [0.1, 0.15) is 11.7 Å². The van der Waals surface area contributed by atoms with Crippen molar-refractivity contribution in [3.63, 3.8) is 0 Å². The Hall–Kier alpha value is -1.82. The minimum atomic E-state index is -0.136. The van der Waals surface area contributed by atoms with Crippen LogP contribution in [-0.2, 0) is 0 Å². The molecule has 1 aromatic heterocycles. The normalized spacial score (nSPS) is 17.0. The zero-order valence-corrected chi connectivity index (χ0v) is 10.1. The van der Waals surface area contributed by atoms with Gasteiger partial charge >= 0.3 is 0 Å². The summed E-state index contributed by atoms with van der Waals surface area (Å²) in [5.41, 5.74) is 3.44. The van der Waals surface area contributed by atoms with E-state index in [1.807, 2.05) is 6.92 Å². The Morgan fingerprint density at radius 1 is 1.47 bits per heavy atom. The molecule has 3 nitrogen and oxygen atoms in total. The molecule has 1 unspecified atom stereocenters. The fourth-order valence-electron chi connectivity index (χ4n) is 2.30. The van der Waals surface area contributed by atoms with Crippen molar-refractivity contribution in [1.29, 1.82) is 5.26 Å². The average Bonchev–Trinajstić information content (AvgIpc) is 3.09. The highest BCUT2D eigenvalue weighted by atomic mass is 15.1. The van der Waals surface area contributed by atoms with Crippen LogP contribution in [0.4, 0.5) is 0 Å². The Labute approximate surface area is 101 Å². The predicted molar refractivity (Wildman–Crippen MR) is 66.8 cm³/mol. The number of aryl methyl sites for hydroxylation is 1. The minimum absolute atomic E-state index is 0.136. The third kappa shape index (κ3) is 1.61. The zero-order valence-electron chi connectivity index (χ0n) is 10.1. The van der Waals surface area contributed by atoms with E-state index in [1.165, 1.54) is 23.9 Å². The van der Waals surface area contributed by atoms with E-state index >= 15 is 0 Å². The number of fused-ring (bicyclic) bond motifs is 1. The molecule has 1 fully saturated rings. The number of benzene rings is 1. The first-order chi connectivity index (χ1) is 8.20. The second-order valence-electron chi connectivity index (χ2n) is 4.91. The number of nitriles is 1. The van der Waals surface area contributed by atoms with Crippen LogP contribution >= 0.6 is 0 Å². The third-order valence-corrected chi connectivity index (χ3v) is 3.37. The second-order valence-corrected chi connectivity index (χ2v) is 4.91. The Morgan fingerprint density at radius 3 is 2.88 bits per heavy atom. The fourth-order valence-corrected chi connectivity index (χ4v) is 2.30. The maximum absolute atomic E-state index is 9.09. The molecule has 1 heterocycles. The van der Waals surface area contributed by atoms with Crippen molar-refractivity contribution in [3.05, 3.63) is 29.6 Å². The first-order valence-corrected chi connectivity index (χ1v) is 6.09. The molecule has 0 saturated heterocycles. The van der Waals surface area contributed by atoms with Crippen LogP contribution in [0.2, 0.25) is 0 Å². The Morgan fingerprint density at radius 2 is 2.24 bits per heavy atom. The average molecular weight is 225 g/mol. The fraction of sp³-hybridized carbons (Fsp3) is 0.429. The van der Waals surface area contributed by atoms with Crippen molar-refractivity contribution in [3.8, 4) is 6.07 Å². The van der Waals surface area contributed by atoms with Crippen molar-refractivity contribution in [2.45, 2.75) is 38.6 Å². The molecule has 0 N–H and O–H groups in total. The van der Waals surface area contributed by atoms with Gasteiger partial charge in [0.05, 0.1) is 17.1 Å². The molecule has 0 spiro atoms. The molecule has 17 heavy (non-hydrogen) atoms. The van der Waals surface area contributed by atoms with Gasteiger partial charge in [-0.05, 0) is 44.4 Å². The zero-order chi connectivity index (χ0) is 12.0. The number of nitrogens with zero attached hydrogens (tertiary/aromatic N) is 3. The van der Waals surface area contributed by atoms with Crippen molar-refractivity contribution in [2.75, 3.05) is 0 Å². The Kier molecular flexibility index (Phi) is 2.19. The number of hydrogen-bond acceptors (Lipinski definition) is 2. The summed E-state index contributed by atoms with van der Waals surface area (Å²) >= 11 is 0. The van der Waals surface area contributed by atoms with Crippen LogP contribution in [0.5, 0.6) is 0 Å². The monoisotopic (exact) mass is 225 g/mol. The molecule has 1 aromatic carbocycles. The van der Waals surface area contributed by atoms with Gasteiger partial charge in [-0.15, -0.1) is 0 Å². The maximum atomic E-state index is 9.09. The summed E-state index contributed by atoms with van der Waals surface area (Å²) in [6.07, 6.45) is 2.43. The van der Waals surface area contributed by atoms with E-state index in [-0.39, 0.29) is 5.92 Å². The first-order valence-electron chi connectivity index (χ1n) is 6.09. The Balaban J connectivity index is 2.28. The lowest BCUT2D eigenvalue weighted by atomic mass is 10.2. The van der Waals surface area contributed by atoms with E-state index in [0.29, 0.717) is 6.04 Å². The predicted octanol–water partition coefficient (Wildman–Crippen LogP) is 3.31. The molecule has 1 atom stereocenters. The highest BCUT2D eigenvalue weighted by molar-refractivity contribution is 5.77. The van der Waals surface area contributed by atoms with Crippen LogP contribution in [0.25, 0.3) is 11.0 Å². The van der Waals surface area contributed by atoms with Gasteiger partial charge in [-0.3, -0.25) is 0 Å². The van der Waals surface area contributed by atoms with Gasteiger partial charge in [0.2, 0.25) is 0 Å². The first kappa shape index (κ1) is 10.3. The topological polar surface area (TPSA) is 41.6 Å². The molecule has 0 amide bonds. The largest absolute Gasteiger partial charge is 0.324 e. The molecule has 0 bridgehead atoms. The van der Waals surface area contributed by atoms with E-state index in [9.17, 15) is 0 Å². The van der Waals surface area contributed by atoms with Gasteiger partial charge in [-0.1, -0.05) is 6.07 Å². The lowest BCUT2D eigenvalue weighted by Gasteiger charge is -2.08. The van der Waals surface area contributed by atoms with Gasteiger partial charge in [0, 0.05) is 6.04 Å². The van der Waals surface area contributed by atoms with Crippen molar-refractivity contribution in [2.24, 2.45) is 0 Å². The molecule has 2 aromatic rings. The van der Waals surface area contributed by atoms with Crippen LogP contribution in [0.1, 0.15) is 43.1 Å². The van der Waals surface area contributed by atoms with E-state index in [1.54, 1.807) is 0 Å². The quantitative estimate of drug-likeness (QED) is 0.786. The van der Waals surface area contributed by atoms with Gasteiger partial charge in [0.15, 0.2) is 0 Å². The SMILES string of the molecule is Cc1ccc2nc(C(C)C#N)n(C3CC3)c2c1. The van der Waals surface area contributed by atoms with E-state index in [4.69, 9.17) is 5.26 Å². The molecule has 1 saturated carbocycles.